The summed E-state index contributed by atoms with van der Waals surface area (Å²) in [6.07, 6.45) is 0.702. The van der Waals surface area contributed by atoms with E-state index in [1.54, 1.807) is 0 Å². The van der Waals surface area contributed by atoms with E-state index in [2.05, 4.69) is 20.5 Å². The van der Waals surface area contributed by atoms with E-state index in [-0.39, 0.29) is 0 Å². The fourth-order valence-electron chi connectivity index (χ4n) is 1.41. The van der Waals surface area contributed by atoms with E-state index in [0.29, 0.717) is 23.6 Å². The highest BCUT2D eigenvalue weighted by atomic mass is 19.2. The van der Waals surface area contributed by atoms with Gasteiger partial charge in [0, 0.05) is 18.5 Å². The van der Waals surface area contributed by atoms with E-state index in [4.69, 9.17) is 0 Å². The van der Waals surface area contributed by atoms with Crippen LogP contribution in [0.4, 0.5) is 8.78 Å². The molecule has 6 heteroatoms. The normalized spacial score (nSPS) is 10.8. The first kappa shape index (κ1) is 11.7. The molecule has 0 bridgehead atoms. The van der Waals surface area contributed by atoms with Crippen LogP contribution in [0.5, 0.6) is 0 Å². The van der Waals surface area contributed by atoms with Crippen LogP contribution in [0.2, 0.25) is 0 Å². The molecule has 0 radical (unpaired) electrons. The van der Waals surface area contributed by atoms with Crippen LogP contribution in [0, 0.1) is 11.6 Å². The van der Waals surface area contributed by atoms with Crippen molar-refractivity contribution in [3.63, 3.8) is 0 Å². The van der Waals surface area contributed by atoms with Gasteiger partial charge in [-0.25, -0.2) is 13.8 Å². The van der Waals surface area contributed by atoms with Crippen LogP contribution in [-0.4, -0.2) is 28.8 Å². The molecule has 17 heavy (non-hydrogen) atoms. The fourth-order valence-corrected chi connectivity index (χ4v) is 1.41. The molecule has 0 aliphatic carbocycles. The molecular formula is C11H12F2N4. The van der Waals surface area contributed by atoms with Gasteiger partial charge in [0.2, 0.25) is 0 Å². The molecule has 90 valence electrons. The van der Waals surface area contributed by atoms with Gasteiger partial charge in [-0.1, -0.05) is 0 Å². The molecular weight excluding hydrogens is 226 g/mol. The third kappa shape index (κ3) is 2.65. The predicted octanol–water partition coefficient (Wildman–Crippen LogP) is 1.51. The lowest BCUT2D eigenvalue weighted by atomic mass is 10.2. The predicted molar refractivity (Wildman–Crippen MR) is 59.4 cm³/mol. The zero-order valence-corrected chi connectivity index (χ0v) is 9.30. The zero-order chi connectivity index (χ0) is 12.3. The highest BCUT2D eigenvalue weighted by Crippen LogP contribution is 2.17. The summed E-state index contributed by atoms with van der Waals surface area (Å²) in [4.78, 5) is 4.19. The highest BCUT2D eigenvalue weighted by Gasteiger charge is 2.09. The molecule has 1 heterocycles. The standard InChI is InChI=1S/C11H12F2N4/c1-14-5-4-10-15-11(17-16-10)7-2-3-8(12)9(13)6-7/h2-3,6,14H,4-5H2,1H3,(H,15,16,17). The molecule has 2 rings (SSSR count). The van der Waals surface area contributed by atoms with E-state index in [0.717, 1.165) is 18.7 Å². The van der Waals surface area contributed by atoms with Gasteiger partial charge in [0.05, 0.1) is 0 Å². The number of likely N-dealkylation sites (N-methyl/N-ethyl adjacent to an activating group) is 1. The number of benzene rings is 1. The second-order valence-electron chi connectivity index (χ2n) is 3.59. The molecule has 1 aromatic heterocycles. The van der Waals surface area contributed by atoms with E-state index in [1.807, 2.05) is 7.05 Å². The van der Waals surface area contributed by atoms with Crippen LogP contribution in [0.15, 0.2) is 18.2 Å². The van der Waals surface area contributed by atoms with Crippen LogP contribution in [0.25, 0.3) is 11.4 Å². The lowest BCUT2D eigenvalue weighted by Crippen LogP contribution is -2.11. The number of rotatable bonds is 4. The van der Waals surface area contributed by atoms with E-state index >= 15 is 0 Å². The Kier molecular flexibility index (Phi) is 3.43. The van der Waals surface area contributed by atoms with Crippen molar-refractivity contribution in [2.24, 2.45) is 0 Å². The summed E-state index contributed by atoms with van der Waals surface area (Å²) >= 11 is 0. The van der Waals surface area contributed by atoms with Crippen molar-refractivity contribution in [1.29, 1.82) is 0 Å². The minimum atomic E-state index is -0.899. The van der Waals surface area contributed by atoms with Crippen molar-refractivity contribution in [3.8, 4) is 11.4 Å². The number of halogens is 2. The molecule has 0 atom stereocenters. The van der Waals surface area contributed by atoms with Gasteiger partial charge in [0.1, 0.15) is 5.82 Å². The van der Waals surface area contributed by atoms with Gasteiger partial charge in [0.25, 0.3) is 0 Å². The topological polar surface area (TPSA) is 53.6 Å². The SMILES string of the molecule is CNCCc1nc(-c2ccc(F)c(F)c2)n[nH]1. The molecule has 0 aliphatic heterocycles. The van der Waals surface area contributed by atoms with E-state index in [1.165, 1.54) is 6.07 Å². The number of nitrogens with zero attached hydrogens (tertiary/aromatic N) is 2. The van der Waals surface area contributed by atoms with Crippen molar-refractivity contribution >= 4 is 0 Å². The maximum absolute atomic E-state index is 13.0. The van der Waals surface area contributed by atoms with Crippen LogP contribution >= 0.6 is 0 Å². The maximum atomic E-state index is 13.0. The molecule has 0 unspecified atom stereocenters. The van der Waals surface area contributed by atoms with E-state index in [9.17, 15) is 8.78 Å². The van der Waals surface area contributed by atoms with Gasteiger partial charge in [-0.3, -0.25) is 5.10 Å². The number of aromatic nitrogens is 3. The Labute approximate surface area is 97.1 Å². The number of nitrogens with one attached hydrogen (secondary N) is 2. The van der Waals surface area contributed by atoms with Crippen molar-refractivity contribution < 1.29 is 8.78 Å². The average Bonchev–Trinajstić information content (AvgIpc) is 2.79. The van der Waals surface area contributed by atoms with Crippen LogP contribution in [-0.2, 0) is 6.42 Å². The first-order chi connectivity index (χ1) is 8.20. The summed E-state index contributed by atoms with van der Waals surface area (Å²) in [5.74, 6) is -0.696. The van der Waals surface area contributed by atoms with Crippen LogP contribution in [0.1, 0.15) is 5.82 Å². The van der Waals surface area contributed by atoms with Crippen molar-refractivity contribution in [3.05, 3.63) is 35.7 Å². The van der Waals surface area contributed by atoms with Gasteiger partial charge in [-0.2, -0.15) is 5.10 Å². The molecule has 0 fully saturated rings. The lowest BCUT2D eigenvalue weighted by molar-refractivity contribution is 0.509. The first-order valence-corrected chi connectivity index (χ1v) is 5.22. The number of H-pyrrole nitrogens is 1. The molecule has 0 saturated heterocycles. The third-order valence-corrected chi connectivity index (χ3v) is 2.32. The zero-order valence-electron chi connectivity index (χ0n) is 9.30. The van der Waals surface area contributed by atoms with Gasteiger partial charge in [-0.15, -0.1) is 0 Å². The van der Waals surface area contributed by atoms with Crippen LogP contribution < -0.4 is 5.32 Å². The minimum Gasteiger partial charge on any atom is -0.319 e. The number of aromatic amines is 1. The molecule has 0 spiro atoms. The summed E-state index contributed by atoms with van der Waals surface area (Å²) in [7, 11) is 1.84. The number of hydrogen-bond donors (Lipinski definition) is 2. The Morgan fingerprint density at radius 1 is 1.29 bits per heavy atom. The Morgan fingerprint density at radius 2 is 2.12 bits per heavy atom. The summed E-state index contributed by atoms with van der Waals surface area (Å²) in [6, 6.07) is 3.60. The average molecular weight is 238 g/mol. The largest absolute Gasteiger partial charge is 0.319 e. The Bertz CT molecular complexity index is 510. The van der Waals surface area contributed by atoms with Crippen molar-refractivity contribution in [2.75, 3.05) is 13.6 Å². The molecule has 0 amide bonds. The number of hydrogen-bond acceptors (Lipinski definition) is 3. The van der Waals surface area contributed by atoms with Crippen LogP contribution in [0.3, 0.4) is 0 Å². The van der Waals surface area contributed by atoms with E-state index < -0.39 is 11.6 Å². The minimum absolute atomic E-state index is 0.370. The molecule has 1 aromatic carbocycles. The summed E-state index contributed by atoms with van der Waals surface area (Å²) in [5, 5.41) is 9.70. The smallest absolute Gasteiger partial charge is 0.181 e. The highest BCUT2D eigenvalue weighted by molar-refractivity contribution is 5.54. The monoisotopic (exact) mass is 238 g/mol. The quantitative estimate of drug-likeness (QED) is 0.849. The molecule has 2 aromatic rings. The maximum Gasteiger partial charge on any atom is 0.181 e. The Balaban J connectivity index is 2.21. The Hall–Kier alpha value is -1.82. The van der Waals surface area contributed by atoms with Gasteiger partial charge >= 0.3 is 0 Å². The summed E-state index contributed by atoms with van der Waals surface area (Å²) in [6.45, 7) is 0.770. The second kappa shape index (κ2) is 5.01. The second-order valence-corrected chi connectivity index (χ2v) is 3.59. The molecule has 0 aliphatic rings. The molecule has 0 saturated carbocycles. The Morgan fingerprint density at radius 3 is 2.82 bits per heavy atom. The summed E-state index contributed by atoms with van der Waals surface area (Å²) < 4.78 is 25.8. The first-order valence-electron chi connectivity index (χ1n) is 5.22. The summed E-state index contributed by atoms with van der Waals surface area (Å²) in [5.41, 5.74) is 0.454. The fraction of sp³-hybridized carbons (Fsp3) is 0.273. The molecule has 2 N–H and O–H groups in total. The third-order valence-electron chi connectivity index (χ3n) is 2.32. The van der Waals surface area contributed by atoms with Gasteiger partial charge in [-0.05, 0) is 25.2 Å². The lowest BCUT2D eigenvalue weighted by Gasteiger charge is -1.96. The van der Waals surface area contributed by atoms with Gasteiger partial charge in [0.15, 0.2) is 17.5 Å². The van der Waals surface area contributed by atoms with Gasteiger partial charge < -0.3 is 5.32 Å². The van der Waals surface area contributed by atoms with Crippen molar-refractivity contribution in [2.45, 2.75) is 6.42 Å². The van der Waals surface area contributed by atoms with Crippen molar-refractivity contribution in [1.82, 2.24) is 20.5 Å². The molecule has 4 nitrogen and oxygen atoms in total.